The van der Waals surface area contributed by atoms with Crippen LogP contribution in [0.5, 0.6) is 0 Å². The van der Waals surface area contributed by atoms with Gasteiger partial charge in [-0.3, -0.25) is 4.79 Å². The second-order valence-corrected chi connectivity index (χ2v) is 6.20. The topological polar surface area (TPSA) is 32.3 Å². The molecule has 0 aliphatic carbocycles. The maximum Gasteiger partial charge on any atom is 0.251 e. The Kier molecular flexibility index (Phi) is 4.99. The minimum atomic E-state index is 0.0160. The lowest BCUT2D eigenvalue weighted by Crippen LogP contribution is -2.41. The van der Waals surface area contributed by atoms with Gasteiger partial charge in [0, 0.05) is 22.6 Å². The summed E-state index contributed by atoms with van der Waals surface area (Å²) >= 11 is 3.45. The molecule has 2 rings (SSSR count). The van der Waals surface area contributed by atoms with Crippen molar-refractivity contribution in [2.75, 3.05) is 19.6 Å². The molecule has 19 heavy (non-hydrogen) atoms. The molecule has 4 heteroatoms. The van der Waals surface area contributed by atoms with Crippen molar-refractivity contribution >= 4 is 21.8 Å². The van der Waals surface area contributed by atoms with Gasteiger partial charge in [0.2, 0.25) is 0 Å². The number of nitrogens with one attached hydrogen (secondary N) is 1. The SMILES string of the molecule is Cc1cc(C(=O)NC(C)CN2CCCC2)ccc1Br. The van der Waals surface area contributed by atoms with Crippen LogP contribution in [0.25, 0.3) is 0 Å². The maximum absolute atomic E-state index is 12.1. The lowest BCUT2D eigenvalue weighted by atomic mass is 10.1. The summed E-state index contributed by atoms with van der Waals surface area (Å²) < 4.78 is 1.04. The third kappa shape index (κ3) is 4.05. The molecule has 1 aromatic carbocycles. The van der Waals surface area contributed by atoms with E-state index >= 15 is 0 Å². The monoisotopic (exact) mass is 324 g/mol. The fourth-order valence-electron chi connectivity index (χ4n) is 2.49. The second-order valence-electron chi connectivity index (χ2n) is 5.35. The summed E-state index contributed by atoms with van der Waals surface area (Å²) in [6.07, 6.45) is 2.57. The summed E-state index contributed by atoms with van der Waals surface area (Å²) in [5.74, 6) is 0.0160. The molecule has 1 saturated heterocycles. The summed E-state index contributed by atoms with van der Waals surface area (Å²) in [5, 5.41) is 3.07. The Labute approximate surface area is 123 Å². The van der Waals surface area contributed by atoms with Crippen molar-refractivity contribution in [3.63, 3.8) is 0 Å². The second kappa shape index (κ2) is 6.53. The van der Waals surface area contributed by atoms with Crippen LogP contribution in [-0.2, 0) is 0 Å². The van der Waals surface area contributed by atoms with Crippen molar-refractivity contribution in [1.82, 2.24) is 10.2 Å². The van der Waals surface area contributed by atoms with Crippen LogP contribution < -0.4 is 5.32 Å². The molecule has 1 N–H and O–H groups in total. The summed E-state index contributed by atoms with van der Waals surface area (Å²) in [7, 11) is 0. The van der Waals surface area contributed by atoms with E-state index in [4.69, 9.17) is 0 Å². The minimum absolute atomic E-state index is 0.0160. The number of likely N-dealkylation sites (tertiary alicyclic amines) is 1. The van der Waals surface area contributed by atoms with E-state index in [9.17, 15) is 4.79 Å². The van der Waals surface area contributed by atoms with E-state index in [1.165, 1.54) is 12.8 Å². The van der Waals surface area contributed by atoms with Gasteiger partial charge in [-0.2, -0.15) is 0 Å². The van der Waals surface area contributed by atoms with Crippen molar-refractivity contribution in [2.45, 2.75) is 32.7 Å². The van der Waals surface area contributed by atoms with Crippen molar-refractivity contribution in [3.8, 4) is 0 Å². The number of carbonyl (C=O) groups excluding carboxylic acids is 1. The Bertz CT molecular complexity index is 455. The lowest BCUT2D eigenvalue weighted by molar-refractivity contribution is 0.0932. The van der Waals surface area contributed by atoms with Gasteiger partial charge in [0.05, 0.1) is 0 Å². The first-order chi connectivity index (χ1) is 9.06. The Morgan fingerprint density at radius 3 is 2.74 bits per heavy atom. The van der Waals surface area contributed by atoms with Crippen LogP contribution >= 0.6 is 15.9 Å². The van der Waals surface area contributed by atoms with Gasteiger partial charge in [-0.05, 0) is 63.5 Å². The van der Waals surface area contributed by atoms with Gasteiger partial charge in [-0.1, -0.05) is 15.9 Å². The molecule has 1 unspecified atom stereocenters. The third-order valence-electron chi connectivity index (χ3n) is 3.53. The highest BCUT2D eigenvalue weighted by Crippen LogP contribution is 2.17. The van der Waals surface area contributed by atoms with Crippen molar-refractivity contribution in [1.29, 1.82) is 0 Å². The predicted octanol–water partition coefficient (Wildman–Crippen LogP) is 2.97. The zero-order valence-electron chi connectivity index (χ0n) is 11.6. The van der Waals surface area contributed by atoms with Crippen LogP contribution in [0.15, 0.2) is 22.7 Å². The molecule has 0 saturated carbocycles. The van der Waals surface area contributed by atoms with Crippen LogP contribution in [0.2, 0.25) is 0 Å². The number of benzene rings is 1. The third-order valence-corrected chi connectivity index (χ3v) is 4.42. The first-order valence-electron chi connectivity index (χ1n) is 6.85. The first kappa shape index (κ1) is 14.5. The first-order valence-corrected chi connectivity index (χ1v) is 7.65. The Hall–Kier alpha value is -0.870. The van der Waals surface area contributed by atoms with Gasteiger partial charge < -0.3 is 10.2 Å². The van der Waals surface area contributed by atoms with Gasteiger partial charge in [0.1, 0.15) is 0 Å². The van der Waals surface area contributed by atoms with Gasteiger partial charge in [0.25, 0.3) is 5.91 Å². The van der Waals surface area contributed by atoms with Crippen molar-refractivity contribution in [3.05, 3.63) is 33.8 Å². The highest BCUT2D eigenvalue weighted by atomic mass is 79.9. The molecule has 1 aromatic rings. The number of aryl methyl sites for hydroxylation is 1. The van der Waals surface area contributed by atoms with Gasteiger partial charge in [0.15, 0.2) is 0 Å². The van der Waals surface area contributed by atoms with Crippen molar-refractivity contribution < 1.29 is 4.79 Å². The molecular formula is C15H21BrN2O. The molecule has 1 heterocycles. The van der Waals surface area contributed by atoms with Crippen LogP contribution in [0.1, 0.15) is 35.7 Å². The largest absolute Gasteiger partial charge is 0.348 e. The number of carbonyl (C=O) groups is 1. The number of hydrogen-bond donors (Lipinski definition) is 1. The molecule has 1 fully saturated rings. The van der Waals surface area contributed by atoms with E-state index < -0.39 is 0 Å². The number of halogens is 1. The summed E-state index contributed by atoms with van der Waals surface area (Å²) in [6, 6.07) is 5.89. The normalized spacial score (nSPS) is 17.4. The molecule has 0 spiro atoms. The lowest BCUT2D eigenvalue weighted by Gasteiger charge is -2.21. The van der Waals surface area contributed by atoms with Crippen LogP contribution in [0, 0.1) is 6.92 Å². The Balaban J connectivity index is 1.90. The summed E-state index contributed by atoms with van der Waals surface area (Å²) in [4.78, 5) is 14.6. The molecule has 1 amide bonds. The predicted molar refractivity (Wildman–Crippen MR) is 81.5 cm³/mol. The van der Waals surface area contributed by atoms with E-state index in [1.54, 1.807) is 0 Å². The molecule has 1 atom stereocenters. The summed E-state index contributed by atoms with van der Waals surface area (Å²) in [5.41, 5.74) is 1.81. The molecule has 1 aliphatic rings. The fourth-order valence-corrected chi connectivity index (χ4v) is 2.74. The number of rotatable bonds is 4. The van der Waals surface area contributed by atoms with Crippen molar-refractivity contribution in [2.24, 2.45) is 0 Å². The Morgan fingerprint density at radius 1 is 1.42 bits per heavy atom. The zero-order chi connectivity index (χ0) is 13.8. The molecule has 0 aromatic heterocycles. The fraction of sp³-hybridized carbons (Fsp3) is 0.533. The molecule has 0 bridgehead atoms. The maximum atomic E-state index is 12.1. The van der Waals surface area contributed by atoms with E-state index in [0.717, 1.165) is 35.2 Å². The quantitative estimate of drug-likeness (QED) is 0.923. The zero-order valence-corrected chi connectivity index (χ0v) is 13.2. The average molecular weight is 325 g/mol. The molecule has 0 radical (unpaired) electrons. The van der Waals surface area contributed by atoms with Gasteiger partial charge in [-0.25, -0.2) is 0 Å². The van der Waals surface area contributed by atoms with Gasteiger partial charge in [-0.15, -0.1) is 0 Å². The van der Waals surface area contributed by atoms with Gasteiger partial charge >= 0.3 is 0 Å². The van der Waals surface area contributed by atoms with Crippen LogP contribution in [-0.4, -0.2) is 36.5 Å². The van der Waals surface area contributed by atoms with Crippen LogP contribution in [0.3, 0.4) is 0 Å². The minimum Gasteiger partial charge on any atom is -0.348 e. The molecular weight excluding hydrogens is 304 g/mol. The smallest absolute Gasteiger partial charge is 0.251 e. The standard InChI is InChI=1S/C15H21BrN2O/c1-11-9-13(5-6-14(11)16)15(19)17-12(2)10-18-7-3-4-8-18/h5-6,9,12H,3-4,7-8,10H2,1-2H3,(H,17,19). The van der Waals surface area contributed by atoms with E-state index in [-0.39, 0.29) is 11.9 Å². The Morgan fingerprint density at radius 2 is 2.11 bits per heavy atom. The average Bonchev–Trinajstić information content (AvgIpc) is 2.85. The van der Waals surface area contributed by atoms with E-state index in [2.05, 4.69) is 33.1 Å². The number of amides is 1. The number of nitrogens with zero attached hydrogens (tertiary/aromatic N) is 1. The highest BCUT2D eigenvalue weighted by molar-refractivity contribution is 9.10. The van der Waals surface area contributed by atoms with E-state index in [1.807, 2.05) is 25.1 Å². The highest BCUT2D eigenvalue weighted by Gasteiger charge is 2.16. The molecule has 1 aliphatic heterocycles. The van der Waals surface area contributed by atoms with Crippen LogP contribution in [0.4, 0.5) is 0 Å². The number of hydrogen-bond acceptors (Lipinski definition) is 2. The molecule has 104 valence electrons. The van der Waals surface area contributed by atoms with E-state index in [0.29, 0.717) is 0 Å². The summed E-state index contributed by atoms with van der Waals surface area (Å²) in [6.45, 7) is 7.34. The molecule has 3 nitrogen and oxygen atoms in total.